The van der Waals surface area contributed by atoms with Crippen molar-refractivity contribution in [3.05, 3.63) is 34.5 Å². The van der Waals surface area contributed by atoms with E-state index in [1.54, 1.807) is 0 Å². The highest BCUT2D eigenvalue weighted by molar-refractivity contribution is 5.90. The topological polar surface area (TPSA) is 43.7 Å². The summed E-state index contributed by atoms with van der Waals surface area (Å²) in [4.78, 5) is 14.2. The van der Waals surface area contributed by atoms with E-state index in [9.17, 15) is 4.79 Å². The quantitative estimate of drug-likeness (QED) is 0.603. The lowest BCUT2D eigenvalue weighted by Gasteiger charge is -2.13. The maximum absolute atomic E-state index is 11.8. The van der Waals surface area contributed by atoms with Crippen LogP contribution >= 0.6 is 0 Å². The number of aryl methyl sites for hydroxylation is 1. The Labute approximate surface area is 143 Å². The first-order chi connectivity index (χ1) is 11.5. The summed E-state index contributed by atoms with van der Waals surface area (Å²) in [6.07, 6.45) is 0.326. The molecular formula is C19H26N2O3. The van der Waals surface area contributed by atoms with Crippen LogP contribution in [0.15, 0.2) is 12.1 Å². The molecule has 5 heteroatoms. The molecule has 0 unspecified atom stereocenters. The Balaban J connectivity index is 1.91. The molecule has 0 bridgehead atoms. The normalized spacial score (nSPS) is 14.3. The summed E-state index contributed by atoms with van der Waals surface area (Å²) in [7, 11) is 3.50. The van der Waals surface area contributed by atoms with E-state index >= 15 is 0 Å². The monoisotopic (exact) mass is 330 g/mol. The largest absolute Gasteiger partial charge is 0.469 e. The van der Waals surface area contributed by atoms with Crippen LogP contribution in [0.5, 0.6) is 0 Å². The fourth-order valence-electron chi connectivity index (χ4n) is 3.54. The van der Waals surface area contributed by atoms with Crippen molar-refractivity contribution >= 4 is 16.9 Å². The third-order valence-corrected chi connectivity index (χ3v) is 5.04. The van der Waals surface area contributed by atoms with Gasteiger partial charge in [-0.3, -0.25) is 9.69 Å². The molecule has 2 aromatic rings. The number of hydrogen-bond donors (Lipinski definition) is 0. The van der Waals surface area contributed by atoms with E-state index in [0.29, 0.717) is 6.42 Å². The van der Waals surface area contributed by atoms with Crippen molar-refractivity contribution in [2.45, 2.75) is 33.4 Å². The molecule has 1 aliphatic rings. The van der Waals surface area contributed by atoms with Crippen LogP contribution in [-0.4, -0.2) is 42.3 Å². The third kappa shape index (κ3) is 3.06. The number of esters is 1. The predicted octanol–water partition coefficient (Wildman–Crippen LogP) is 2.55. The van der Waals surface area contributed by atoms with Crippen molar-refractivity contribution in [1.29, 1.82) is 0 Å². The van der Waals surface area contributed by atoms with Crippen LogP contribution in [-0.2, 0) is 40.8 Å². The molecular weight excluding hydrogens is 304 g/mol. The molecule has 0 radical (unpaired) electrons. The van der Waals surface area contributed by atoms with Gasteiger partial charge in [-0.2, -0.15) is 0 Å². The molecule has 0 saturated heterocycles. The van der Waals surface area contributed by atoms with E-state index in [1.165, 1.54) is 29.1 Å². The van der Waals surface area contributed by atoms with Crippen LogP contribution in [0.25, 0.3) is 10.9 Å². The zero-order chi connectivity index (χ0) is 17.3. The van der Waals surface area contributed by atoms with Gasteiger partial charge in [0.1, 0.15) is 0 Å². The minimum Gasteiger partial charge on any atom is -0.469 e. The highest BCUT2D eigenvalue weighted by Crippen LogP contribution is 2.32. The van der Waals surface area contributed by atoms with Crippen molar-refractivity contribution in [2.75, 3.05) is 26.9 Å². The molecule has 0 N–H and O–H groups in total. The standard InChI is InChI=1S/C19H26N2O3/c1-5-24-7-6-21-11-14-8-17-16(10-19(22)23-4)13(2)20(3)18(17)9-15(14)12-21/h8-9H,5-7,10-12H2,1-4H3. The van der Waals surface area contributed by atoms with Gasteiger partial charge in [0.15, 0.2) is 0 Å². The molecule has 0 atom stereocenters. The van der Waals surface area contributed by atoms with Crippen molar-refractivity contribution in [2.24, 2.45) is 7.05 Å². The molecule has 5 nitrogen and oxygen atoms in total. The van der Waals surface area contributed by atoms with Gasteiger partial charge >= 0.3 is 5.97 Å². The first-order valence-electron chi connectivity index (χ1n) is 8.51. The van der Waals surface area contributed by atoms with Gasteiger partial charge < -0.3 is 14.0 Å². The molecule has 0 spiro atoms. The number of ether oxygens (including phenoxy) is 2. The van der Waals surface area contributed by atoms with Gasteiger partial charge in [0.25, 0.3) is 0 Å². The van der Waals surface area contributed by atoms with Crippen LogP contribution in [0, 0.1) is 6.92 Å². The van der Waals surface area contributed by atoms with Gasteiger partial charge in [-0.15, -0.1) is 0 Å². The molecule has 130 valence electrons. The Morgan fingerprint density at radius 2 is 1.96 bits per heavy atom. The maximum Gasteiger partial charge on any atom is 0.310 e. The van der Waals surface area contributed by atoms with Crippen molar-refractivity contribution in [3.8, 4) is 0 Å². The molecule has 3 rings (SSSR count). The van der Waals surface area contributed by atoms with Crippen LogP contribution in [0.2, 0.25) is 0 Å². The van der Waals surface area contributed by atoms with Crippen LogP contribution in [0.4, 0.5) is 0 Å². The van der Waals surface area contributed by atoms with E-state index in [4.69, 9.17) is 9.47 Å². The highest BCUT2D eigenvalue weighted by Gasteiger charge is 2.23. The Kier molecular flexibility index (Phi) is 4.92. The third-order valence-electron chi connectivity index (χ3n) is 5.04. The zero-order valence-electron chi connectivity index (χ0n) is 15.0. The number of aromatic nitrogens is 1. The van der Waals surface area contributed by atoms with E-state index < -0.39 is 0 Å². The molecule has 24 heavy (non-hydrogen) atoms. The summed E-state index contributed by atoms with van der Waals surface area (Å²) in [5.74, 6) is -0.190. The molecule has 0 amide bonds. The number of carbonyl (C=O) groups is 1. The summed E-state index contributed by atoms with van der Waals surface area (Å²) in [5, 5.41) is 1.17. The molecule has 0 saturated carbocycles. The summed E-state index contributed by atoms with van der Waals surface area (Å²) in [6, 6.07) is 4.54. The molecule has 2 heterocycles. The average molecular weight is 330 g/mol. The SMILES string of the molecule is CCOCCN1Cc2cc3c(CC(=O)OC)c(C)n(C)c3cc2C1. The number of carbonyl (C=O) groups excluding carboxylic acids is 1. The number of nitrogens with zero attached hydrogens (tertiary/aromatic N) is 2. The van der Waals surface area contributed by atoms with Crippen molar-refractivity contribution in [3.63, 3.8) is 0 Å². The Bertz CT molecular complexity index is 764. The number of fused-ring (bicyclic) bond motifs is 2. The molecule has 0 aliphatic carbocycles. The Hall–Kier alpha value is -1.85. The van der Waals surface area contributed by atoms with Gasteiger partial charge in [0, 0.05) is 49.9 Å². The van der Waals surface area contributed by atoms with Crippen LogP contribution in [0.3, 0.4) is 0 Å². The second-order valence-corrected chi connectivity index (χ2v) is 6.42. The predicted molar refractivity (Wildman–Crippen MR) is 94.0 cm³/mol. The molecule has 1 aromatic carbocycles. The number of hydrogen-bond acceptors (Lipinski definition) is 4. The lowest BCUT2D eigenvalue weighted by Crippen LogP contribution is -2.21. The van der Waals surface area contributed by atoms with Crippen molar-refractivity contribution < 1.29 is 14.3 Å². The first kappa shape index (κ1) is 17.0. The Morgan fingerprint density at radius 1 is 1.25 bits per heavy atom. The highest BCUT2D eigenvalue weighted by atomic mass is 16.5. The number of rotatable bonds is 6. The molecule has 1 aliphatic heterocycles. The minimum absolute atomic E-state index is 0.190. The average Bonchev–Trinajstić information content (AvgIpc) is 3.07. The van der Waals surface area contributed by atoms with Gasteiger partial charge in [0.05, 0.1) is 20.1 Å². The van der Waals surface area contributed by atoms with Crippen LogP contribution in [0.1, 0.15) is 29.3 Å². The smallest absolute Gasteiger partial charge is 0.310 e. The summed E-state index contributed by atoms with van der Waals surface area (Å²) >= 11 is 0. The van der Waals surface area contributed by atoms with E-state index in [-0.39, 0.29) is 5.97 Å². The maximum atomic E-state index is 11.8. The summed E-state index contributed by atoms with van der Waals surface area (Å²) in [5.41, 5.74) is 6.14. The van der Waals surface area contributed by atoms with Gasteiger partial charge in [-0.25, -0.2) is 0 Å². The zero-order valence-corrected chi connectivity index (χ0v) is 15.0. The number of methoxy groups -OCH3 is 1. The van der Waals surface area contributed by atoms with Crippen LogP contribution < -0.4 is 0 Å². The minimum atomic E-state index is -0.190. The first-order valence-corrected chi connectivity index (χ1v) is 8.51. The molecule has 0 fully saturated rings. The Morgan fingerprint density at radius 3 is 2.62 bits per heavy atom. The lowest BCUT2D eigenvalue weighted by molar-refractivity contribution is -0.139. The number of benzene rings is 1. The fourth-order valence-corrected chi connectivity index (χ4v) is 3.54. The van der Waals surface area contributed by atoms with E-state index in [2.05, 4.69) is 35.6 Å². The van der Waals surface area contributed by atoms with E-state index in [0.717, 1.165) is 44.1 Å². The second kappa shape index (κ2) is 6.95. The summed E-state index contributed by atoms with van der Waals surface area (Å²) < 4.78 is 12.5. The van der Waals surface area contributed by atoms with Gasteiger partial charge in [0.2, 0.25) is 0 Å². The van der Waals surface area contributed by atoms with Crippen molar-refractivity contribution in [1.82, 2.24) is 9.47 Å². The van der Waals surface area contributed by atoms with Gasteiger partial charge in [-0.1, -0.05) is 0 Å². The van der Waals surface area contributed by atoms with E-state index in [1.807, 2.05) is 6.92 Å². The summed E-state index contributed by atoms with van der Waals surface area (Å²) in [6.45, 7) is 8.50. The molecule has 1 aromatic heterocycles. The fraction of sp³-hybridized carbons (Fsp3) is 0.526. The lowest BCUT2D eigenvalue weighted by atomic mass is 10.0. The van der Waals surface area contributed by atoms with Gasteiger partial charge in [-0.05, 0) is 42.7 Å². The second-order valence-electron chi connectivity index (χ2n) is 6.42.